The molecule has 4 rings (SSSR count). The number of amides is 1. The molecule has 2 aromatic carbocycles. The Bertz CT molecular complexity index is 1080. The summed E-state index contributed by atoms with van der Waals surface area (Å²) in [6.45, 7) is 6.99. The van der Waals surface area contributed by atoms with Gasteiger partial charge in [-0.05, 0) is 88.3 Å². The van der Waals surface area contributed by atoms with Gasteiger partial charge in [0.05, 0.1) is 4.75 Å². The van der Waals surface area contributed by atoms with E-state index >= 15 is 0 Å². The van der Waals surface area contributed by atoms with Gasteiger partial charge in [0.25, 0.3) is 0 Å². The van der Waals surface area contributed by atoms with Crippen molar-refractivity contribution in [3.8, 4) is 0 Å². The second kappa shape index (κ2) is 9.47. The van der Waals surface area contributed by atoms with Crippen molar-refractivity contribution in [2.24, 2.45) is 5.92 Å². The minimum Gasteiger partial charge on any atom is -0.367 e. The largest absolute Gasteiger partial charge is 0.367 e. The third-order valence-corrected chi connectivity index (χ3v) is 9.11. The molecule has 7 heteroatoms. The zero-order valence-corrected chi connectivity index (χ0v) is 20.6. The molecule has 1 saturated carbocycles. The standard InChI is InChI=1S/C26H35N3O3S/c1-26(2,3)33(31,32)28-23-10-8-20(9-11-23)25(30)27-22-12-14-24(15-13-22)29-17-16-19-6-4-5-7-21(19)18-29/h4-7,12-15,20,23,28H,8-11,16-18H2,1-3H3,(H,27,30)/t20-,23-. The summed E-state index contributed by atoms with van der Waals surface area (Å²) in [5, 5.41) is 3.05. The van der Waals surface area contributed by atoms with Crippen molar-refractivity contribution < 1.29 is 13.2 Å². The molecule has 0 unspecified atom stereocenters. The molecule has 1 aliphatic heterocycles. The Morgan fingerprint density at radius 2 is 1.58 bits per heavy atom. The van der Waals surface area contributed by atoms with Crippen LogP contribution < -0.4 is 14.9 Å². The number of anilines is 2. The summed E-state index contributed by atoms with van der Waals surface area (Å²) in [6.07, 6.45) is 3.79. The number of nitrogens with zero attached hydrogens (tertiary/aromatic N) is 1. The highest BCUT2D eigenvalue weighted by molar-refractivity contribution is 7.90. The second-order valence-corrected chi connectivity index (χ2v) is 12.7. The molecule has 33 heavy (non-hydrogen) atoms. The summed E-state index contributed by atoms with van der Waals surface area (Å²) in [6, 6.07) is 16.6. The summed E-state index contributed by atoms with van der Waals surface area (Å²) in [5.41, 5.74) is 4.77. The molecule has 0 radical (unpaired) electrons. The smallest absolute Gasteiger partial charge is 0.227 e. The third-order valence-electron chi connectivity index (χ3n) is 6.86. The van der Waals surface area contributed by atoms with E-state index in [0.717, 1.165) is 30.9 Å². The maximum Gasteiger partial charge on any atom is 0.227 e. The summed E-state index contributed by atoms with van der Waals surface area (Å²) >= 11 is 0. The van der Waals surface area contributed by atoms with Crippen LogP contribution in [0.2, 0.25) is 0 Å². The SMILES string of the molecule is CC(C)(C)S(=O)(=O)N[C@H]1CC[C@H](C(=O)Nc2ccc(N3CCc4ccccc4C3)cc2)CC1. The Hall–Kier alpha value is -2.38. The van der Waals surface area contributed by atoms with Crippen LogP contribution in [-0.4, -0.2) is 31.7 Å². The van der Waals surface area contributed by atoms with E-state index in [9.17, 15) is 13.2 Å². The van der Waals surface area contributed by atoms with E-state index in [1.165, 1.54) is 11.1 Å². The van der Waals surface area contributed by atoms with Crippen LogP contribution in [0, 0.1) is 5.92 Å². The number of hydrogen-bond acceptors (Lipinski definition) is 4. The van der Waals surface area contributed by atoms with E-state index in [1.54, 1.807) is 20.8 Å². The van der Waals surface area contributed by atoms with Gasteiger partial charge in [0.1, 0.15) is 0 Å². The number of nitrogens with one attached hydrogen (secondary N) is 2. The van der Waals surface area contributed by atoms with E-state index in [4.69, 9.17) is 0 Å². The first-order valence-corrected chi connectivity index (χ1v) is 13.4. The first-order chi connectivity index (χ1) is 15.6. The lowest BCUT2D eigenvalue weighted by molar-refractivity contribution is -0.120. The molecule has 178 valence electrons. The molecule has 2 N–H and O–H groups in total. The Labute approximate surface area is 197 Å². The first kappa shape index (κ1) is 23.8. The maximum atomic E-state index is 12.8. The van der Waals surface area contributed by atoms with Gasteiger partial charge in [0, 0.05) is 36.4 Å². The van der Waals surface area contributed by atoms with E-state index in [2.05, 4.69) is 51.3 Å². The van der Waals surface area contributed by atoms with Crippen LogP contribution in [0.5, 0.6) is 0 Å². The van der Waals surface area contributed by atoms with Gasteiger partial charge in [-0.15, -0.1) is 0 Å². The number of carbonyl (C=O) groups excluding carboxylic acids is 1. The molecule has 1 heterocycles. The van der Waals surface area contributed by atoms with Crippen molar-refractivity contribution in [1.82, 2.24) is 4.72 Å². The van der Waals surface area contributed by atoms with Crippen LogP contribution in [0.3, 0.4) is 0 Å². The molecule has 2 aromatic rings. The number of carbonyl (C=O) groups is 1. The summed E-state index contributed by atoms with van der Waals surface area (Å²) < 4.78 is 26.8. The Balaban J connectivity index is 1.28. The normalized spacial score (nSPS) is 21.4. The monoisotopic (exact) mass is 469 g/mol. The van der Waals surface area contributed by atoms with E-state index in [1.807, 2.05) is 12.1 Å². The van der Waals surface area contributed by atoms with Crippen molar-refractivity contribution in [3.05, 3.63) is 59.7 Å². The van der Waals surface area contributed by atoms with Crippen molar-refractivity contribution >= 4 is 27.3 Å². The highest BCUT2D eigenvalue weighted by Crippen LogP contribution is 2.29. The van der Waals surface area contributed by atoms with Crippen LogP contribution >= 0.6 is 0 Å². The average molecular weight is 470 g/mol. The molecule has 0 bridgehead atoms. The average Bonchev–Trinajstić information content (AvgIpc) is 2.79. The van der Waals surface area contributed by atoms with Crippen LogP contribution in [0.4, 0.5) is 11.4 Å². The zero-order valence-electron chi connectivity index (χ0n) is 19.8. The van der Waals surface area contributed by atoms with Gasteiger partial charge in [-0.25, -0.2) is 13.1 Å². The van der Waals surface area contributed by atoms with Crippen molar-refractivity contribution in [2.45, 2.75) is 70.2 Å². The Morgan fingerprint density at radius 3 is 2.21 bits per heavy atom. The van der Waals surface area contributed by atoms with Gasteiger partial charge in [-0.2, -0.15) is 0 Å². The third kappa shape index (κ3) is 5.58. The highest BCUT2D eigenvalue weighted by atomic mass is 32.2. The maximum absolute atomic E-state index is 12.8. The summed E-state index contributed by atoms with van der Waals surface area (Å²) in [4.78, 5) is 15.2. The quantitative estimate of drug-likeness (QED) is 0.678. The summed E-state index contributed by atoms with van der Waals surface area (Å²) in [7, 11) is -3.37. The molecule has 0 spiro atoms. The highest BCUT2D eigenvalue weighted by Gasteiger charge is 2.34. The van der Waals surface area contributed by atoms with Crippen LogP contribution in [0.15, 0.2) is 48.5 Å². The molecule has 1 amide bonds. The molecule has 1 aliphatic carbocycles. The Kier molecular flexibility index (Phi) is 6.82. The lowest BCUT2D eigenvalue weighted by Crippen LogP contribution is -2.46. The molecular weight excluding hydrogens is 434 g/mol. The van der Waals surface area contributed by atoms with Crippen molar-refractivity contribution in [1.29, 1.82) is 0 Å². The van der Waals surface area contributed by atoms with Gasteiger partial charge >= 0.3 is 0 Å². The van der Waals surface area contributed by atoms with Crippen LogP contribution in [-0.2, 0) is 27.8 Å². The Morgan fingerprint density at radius 1 is 0.939 bits per heavy atom. The van der Waals surface area contributed by atoms with E-state index < -0.39 is 14.8 Å². The topological polar surface area (TPSA) is 78.5 Å². The number of sulfonamides is 1. The van der Waals surface area contributed by atoms with Gasteiger partial charge in [0.15, 0.2) is 0 Å². The first-order valence-electron chi connectivity index (χ1n) is 11.9. The van der Waals surface area contributed by atoms with Gasteiger partial charge in [0.2, 0.25) is 15.9 Å². The van der Waals surface area contributed by atoms with Gasteiger partial charge in [-0.1, -0.05) is 24.3 Å². The van der Waals surface area contributed by atoms with Crippen molar-refractivity contribution in [2.75, 3.05) is 16.8 Å². The molecule has 2 aliphatic rings. The molecule has 1 fully saturated rings. The minimum absolute atomic E-state index is 0.0202. The van der Waals surface area contributed by atoms with Gasteiger partial charge in [-0.3, -0.25) is 4.79 Å². The van der Waals surface area contributed by atoms with Crippen molar-refractivity contribution in [3.63, 3.8) is 0 Å². The van der Waals surface area contributed by atoms with Gasteiger partial charge < -0.3 is 10.2 Å². The fourth-order valence-electron chi connectivity index (χ4n) is 4.59. The fourth-order valence-corrected chi connectivity index (χ4v) is 5.61. The van der Waals surface area contributed by atoms with Crippen LogP contribution in [0.25, 0.3) is 0 Å². The predicted octanol–water partition coefficient (Wildman–Crippen LogP) is 4.46. The summed E-state index contributed by atoms with van der Waals surface area (Å²) in [5.74, 6) is -0.0644. The minimum atomic E-state index is -3.37. The number of hydrogen-bond donors (Lipinski definition) is 2. The predicted molar refractivity (Wildman–Crippen MR) is 134 cm³/mol. The lowest BCUT2D eigenvalue weighted by Gasteiger charge is -2.31. The number of fused-ring (bicyclic) bond motifs is 1. The molecule has 0 saturated heterocycles. The fraction of sp³-hybridized carbons (Fsp3) is 0.500. The van der Waals surface area contributed by atoms with Crippen LogP contribution in [0.1, 0.15) is 57.6 Å². The molecular formula is C26H35N3O3S. The number of rotatable bonds is 5. The van der Waals surface area contributed by atoms with E-state index in [0.29, 0.717) is 25.7 Å². The second-order valence-electron chi connectivity index (χ2n) is 10.3. The van der Waals surface area contributed by atoms with E-state index in [-0.39, 0.29) is 17.9 Å². The lowest BCUT2D eigenvalue weighted by atomic mass is 9.86. The molecule has 0 atom stereocenters. The number of benzene rings is 2. The molecule has 6 nitrogen and oxygen atoms in total. The molecule has 0 aromatic heterocycles. The zero-order chi connectivity index (χ0) is 23.6.